The minimum atomic E-state index is -0.413. The number of primary amides is 1. The average Bonchev–Trinajstić information content (AvgIpc) is 2.68. The third kappa shape index (κ3) is 6.35. The molecular formula is C20H21N3O2S2. The van der Waals surface area contributed by atoms with E-state index in [2.05, 4.69) is 11.4 Å². The quantitative estimate of drug-likeness (QED) is 0.499. The molecule has 1 unspecified atom stereocenters. The number of rotatable bonds is 9. The van der Waals surface area contributed by atoms with Crippen molar-refractivity contribution >= 4 is 35.3 Å². The molecule has 2 amide bonds. The van der Waals surface area contributed by atoms with Crippen LogP contribution >= 0.6 is 23.5 Å². The Labute approximate surface area is 167 Å². The topological polar surface area (TPSA) is 96.0 Å². The number of carbonyl (C=O) groups excluding carboxylic acids is 2. The fraction of sp³-hybridized carbons (Fsp3) is 0.250. The summed E-state index contributed by atoms with van der Waals surface area (Å²) in [6, 6.07) is 16.9. The lowest BCUT2D eigenvalue weighted by atomic mass is 10.1. The molecule has 0 spiro atoms. The number of hydrogen-bond donors (Lipinski definition) is 2. The number of nitriles is 1. The molecule has 0 aliphatic carbocycles. The average molecular weight is 400 g/mol. The maximum absolute atomic E-state index is 12.5. The normalized spacial score (nSPS) is 11.4. The molecule has 0 bridgehead atoms. The van der Waals surface area contributed by atoms with Crippen LogP contribution in [0.15, 0.2) is 53.4 Å². The molecule has 5 nitrogen and oxygen atoms in total. The van der Waals surface area contributed by atoms with Crippen molar-refractivity contribution < 1.29 is 9.59 Å². The zero-order chi connectivity index (χ0) is 19.6. The first-order chi connectivity index (χ1) is 13.0. The lowest BCUT2D eigenvalue weighted by Gasteiger charge is -2.12. The van der Waals surface area contributed by atoms with E-state index in [1.807, 2.05) is 30.3 Å². The fourth-order valence-corrected chi connectivity index (χ4v) is 4.08. The minimum Gasteiger partial charge on any atom is -0.369 e. The molecule has 3 N–H and O–H groups in total. The molecule has 0 aliphatic rings. The molecule has 0 radical (unpaired) electrons. The zero-order valence-electron chi connectivity index (χ0n) is 15.0. The van der Waals surface area contributed by atoms with E-state index in [1.54, 1.807) is 36.9 Å². The Bertz CT molecular complexity index is 849. The van der Waals surface area contributed by atoms with Crippen LogP contribution < -0.4 is 11.1 Å². The first-order valence-electron chi connectivity index (χ1n) is 8.42. The van der Waals surface area contributed by atoms with Crippen molar-refractivity contribution in [1.29, 1.82) is 5.26 Å². The minimum absolute atomic E-state index is 0.173. The Kier molecular flexibility index (Phi) is 8.24. The maximum atomic E-state index is 12.5. The van der Waals surface area contributed by atoms with Crippen molar-refractivity contribution in [3.63, 3.8) is 0 Å². The molecule has 2 rings (SSSR count). The van der Waals surface area contributed by atoms with E-state index in [9.17, 15) is 9.59 Å². The number of amides is 2. The van der Waals surface area contributed by atoms with Gasteiger partial charge < -0.3 is 11.1 Å². The van der Waals surface area contributed by atoms with E-state index in [1.165, 1.54) is 11.8 Å². The Balaban J connectivity index is 1.84. The number of carbonyl (C=O) groups is 2. The highest BCUT2D eigenvalue weighted by molar-refractivity contribution is 8.00. The summed E-state index contributed by atoms with van der Waals surface area (Å²) in [5.41, 5.74) is 7.53. The summed E-state index contributed by atoms with van der Waals surface area (Å²) in [5, 5.41) is 11.6. The van der Waals surface area contributed by atoms with Crippen LogP contribution in [0.1, 0.15) is 28.4 Å². The molecule has 27 heavy (non-hydrogen) atoms. The Hall–Kier alpha value is -2.43. The predicted octanol–water partition coefficient (Wildman–Crippen LogP) is 3.19. The van der Waals surface area contributed by atoms with Gasteiger partial charge in [0.25, 0.3) is 5.91 Å². The third-order valence-electron chi connectivity index (χ3n) is 3.76. The smallest absolute Gasteiger partial charge is 0.252 e. The second-order valence-electron chi connectivity index (χ2n) is 5.74. The SMILES string of the molecule is CC(Sc1ccccc1C(=O)NCCSCc1ccccc1C#N)C(N)=O. The highest BCUT2D eigenvalue weighted by Gasteiger charge is 2.16. The van der Waals surface area contributed by atoms with Crippen LogP contribution in [0.2, 0.25) is 0 Å². The van der Waals surface area contributed by atoms with Gasteiger partial charge in [-0.2, -0.15) is 17.0 Å². The number of nitrogens with zero attached hydrogens (tertiary/aromatic N) is 1. The molecule has 0 saturated heterocycles. The molecule has 140 valence electrons. The van der Waals surface area contributed by atoms with Crippen LogP contribution in [0.25, 0.3) is 0 Å². The van der Waals surface area contributed by atoms with Gasteiger partial charge in [0.15, 0.2) is 0 Å². The van der Waals surface area contributed by atoms with Gasteiger partial charge in [-0.25, -0.2) is 0 Å². The molecular weight excluding hydrogens is 378 g/mol. The van der Waals surface area contributed by atoms with Crippen LogP contribution in [0.4, 0.5) is 0 Å². The molecule has 0 saturated carbocycles. The molecule has 2 aromatic carbocycles. The van der Waals surface area contributed by atoms with E-state index < -0.39 is 11.2 Å². The van der Waals surface area contributed by atoms with Gasteiger partial charge in [0.05, 0.1) is 22.4 Å². The van der Waals surface area contributed by atoms with Gasteiger partial charge in [0.1, 0.15) is 0 Å². The van der Waals surface area contributed by atoms with Gasteiger partial charge in [0.2, 0.25) is 5.91 Å². The lowest BCUT2D eigenvalue weighted by molar-refractivity contribution is -0.117. The van der Waals surface area contributed by atoms with Crippen molar-refractivity contribution in [2.45, 2.75) is 22.8 Å². The first kappa shape index (κ1) is 20.9. The summed E-state index contributed by atoms with van der Waals surface area (Å²) >= 11 is 2.94. The monoisotopic (exact) mass is 399 g/mol. The van der Waals surface area contributed by atoms with Crippen molar-refractivity contribution in [2.24, 2.45) is 5.73 Å². The summed E-state index contributed by atoms with van der Waals surface area (Å²) in [6.45, 7) is 2.24. The highest BCUT2D eigenvalue weighted by atomic mass is 32.2. The Morgan fingerprint density at radius 3 is 2.63 bits per heavy atom. The van der Waals surface area contributed by atoms with Crippen LogP contribution in [0.3, 0.4) is 0 Å². The molecule has 0 aromatic heterocycles. The second-order valence-corrected chi connectivity index (χ2v) is 8.22. The number of benzene rings is 2. The summed E-state index contributed by atoms with van der Waals surface area (Å²) < 4.78 is 0. The number of thioether (sulfide) groups is 2. The molecule has 0 fully saturated rings. The molecule has 0 aliphatic heterocycles. The summed E-state index contributed by atoms with van der Waals surface area (Å²) in [6.07, 6.45) is 0. The van der Waals surface area contributed by atoms with E-state index in [0.29, 0.717) is 17.7 Å². The van der Waals surface area contributed by atoms with Crippen LogP contribution in [-0.2, 0) is 10.5 Å². The Morgan fingerprint density at radius 2 is 1.89 bits per heavy atom. The van der Waals surface area contributed by atoms with E-state index >= 15 is 0 Å². The maximum Gasteiger partial charge on any atom is 0.252 e. The van der Waals surface area contributed by atoms with Crippen LogP contribution in [0.5, 0.6) is 0 Å². The van der Waals surface area contributed by atoms with Crippen molar-refractivity contribution in [2.75, 3.05) is 12.3 Å². The van der Waals surface area contributed by atoms with E-state index in [-0.39, 0.29) is 5.91 Å². The van der Waals surface area contributed by atoms with Gasteiger partial charge in [-0.3, -0.25) is 9.59 Å². The lowest BCUT2D eigenvalue weighted by Crippen LogP contribution is -2.27. The van der Waals surface area contributed by atoms with Gasteiger partial charge in [-0.15, -0.1) is 11.8 Å². The van der Waals surface area contributed by atoms with Crippen LogP contribution in [-0.4, -0.2) is 29.4 Å². The third-order valence-corrected chi connectivity index (χ3v) is 5.97. The van der Waals surface area contributed by atoms with E-state index in [0.717, 1.165) is 22.0 Å². The molecule has 2 aromatic rings. The van der Waals surface area contributed by atoms with Gasteiger partial charge in [-0.05, 0) is 30.7 Å². The largest absolute Gasteiger partial charge is 0.369 e. The summed E-state index contributed by atoms with van der Waals surface area (Å²) in [7, 11) is 0. The standard InChI is InChI=1S/C20H21N3O2S2/c1-14(19(22)24)27-18-9-5-4-8-17(18)20(25)23-10-11-26-13-16-7-3-2-6-15(16)12-21/h2-9,14H,10-11,13H2,1H3,(H2,22,24)(H,23,25). The van der Waals surface area contributed by atoms with E-state index in [4.69, 9.17) is 11.0 Å². The predicted molar refractivity (Wildman–Crippen MR) is 111 cm³/mol. The number of hydrogen-bond acceptors (Lipinski definition) is 5. The molecule has 0 heterocycles. The number of nitrogens with two attached hydrogens (primary N) is 1. The highest BCUT2D eigenvalue weighted by Crippen LogP contribution is 2.26. The fourth-order valence-electron chi connectivity index (χ4n) is 2.27. The Morgan fingerprint density at radius 1 is 1.19 bits per heavy atom. The molecule has 1 atom stereocenters. The van der Waals surface area contributed by atoms with Gasteiger partial charge in [-0.1, -0.05) is 30.3 Å². The van der Waals surface area contributed by atoms with Crippen LogP contribution in [0, 0.1) is 11.3 Å². The van der Waals surface area contributed by atoms with Crippen molar-refractivity contribution in [3.8, 4) is 6.07 Å². The van der Waals surface area contributed by atoms with Crippen molar-refractivity contribution in [1.82, 2.24) is 5.32 Å². The second kappa shape index (κ2) is 10.7. The zero-order valence-corrected chi connectivity index (χ0v) is 16.6. The number of nitrogens with one attached hydrogen (secondary N) is 1. The summed E-state index contributed by atoms with van der Waals surface area (Å²) in [5.74, 6) is 0.873. The molecule has 7 heteroatoms. The van der Waals surface area contributed by atoms with Gasteiger partial charge in [0, 0.05) is 22.9 Å². The first-order valence-corrected chi connectivity index (χ1v) is 10.4. The van der Waals surface area contributed by atoms with Gasteiger partial charge >= 0.3 is 0 Å². The van der Waals surface area contributed by atoms with Crippen molar-refractivity contribution in [3.05, 3.63) is 65.2 Å². The summed E-state index contributed by atoms with van der Waals surface area (Å²) in [4.78, 5) is 24.5.